The van der Waals surface area contributed by atoms with Crippen LogP contribution in [0.15, 0.2) is 24.3 Å². The zero-order chi connectivity index (χ0) is 18.4. The van der Waals surface area contributed by atoms with Crippen molar-refractivity contribution in [3.8, 4) is 0 Å². The highest BCUT2D eigenvalue weighted by molar-refractivity contribution is 6.27. The van der Waals surface area contributed by atoms with E-state index in [0.29, 0.717) is 19.6 Å². The first-order chi connectivity index (χ1) is 12.6. The Hall–Kier alpha value is -1.59. The van der Waals surface area contributed by atoms with E-state index in [9.17, 15) is 9.59 Å². The second-order valence-electron chi connectivity index (χ2n) is 7.36. The molecular formula is C20H27ClN2O3. The van der Waals surface area contributed by atoms with Gasteiger partial charge in [0.2, 0.25) is 11.8 Å². The molecule has 0 bridgehead atoms. The Morgan fingerprint density at radius 1 is 1.12 bits per heavy atom. The van der Waals surface area contributed by atoms with Gasteiger partial charge >= 0.3 is 0 Å². The first kappa shape index (κ1) is 19.2. The van der Waals surface area contributed by atoms with Crippen molar-refractivity contribution < 1.29 is 14.3 Å². The SMILES string of the molecule is O=C(CC1OCc2ccccc21)NCC1(NC(=O)CCl)CCCCCC1. The third-order valence-corrected chi connectivity index (χ3v) is 5.67. The minimum absolute atomic E-state index is 0.0459. The number of hydrogen-bond acceptors (Lipinski definition) is 3. The van der Waals surface area contributed by atoms with E-state index < -0.39 is 0 Å². The number of halogens is 1. The number of ether oxygens (including phenoxy) is 1. The van der Waals surface area contributed by atoms with Crippen LogP contribution < -0.4 is 10.6 Å². The number of nitrogens with one attached hydrogen (secondary N) is 2. The summed E-state index contributed by atoms with van der Waals surface area (Å²) in [7, 11) is 0. The number of carbonyl (C=O) groups excluding carboxylic acids is 2. The van der Waals surface area contributed by atoms with Crippen LogP contribution in [-0.4, -0.2) is 29.8 Å². The van der Waals surface area contributed by atoms with Crippen LogP contribution in [0, 0.1) is 0 Å². The average Bonchev–Trinajstić information content (AvgIpc) is 2.91. The van der Waals surface area contributed by atoms with Gasteiger partial charge in [0.25, 0.3) is 0 Å². The molecular weight excluding hydrogens is 352 g/mol. The molecule has 1 aliphatic carbocycles. The van der Waals surface area contributed by atoms with Gasteiger partial charge in [-0.1, -0.05) is 49.9 Å². The first-order valence-electron chi connectivity index (χ1n) is 9.45. The Balaban J connectivity index is 1.58. The molecule has 0 spiro atoms. The quantitative estimate of drug-likeness (QED) is 0.590. The topological polar surface area (TPSA) is 67.4 Å². The molecule has 5 nitrogen and oxygen atoms in total. The second kappa shape index (κ2) is 8.87. The monoisotopic (exact) mass is 378 g/mol. The van der Waals surface area contributed by atoms with Crippen LogP contribution in [0.3, 0.4) is 0 Å². The summed E-state index contributed by atoms with van der Waals surface area (Å²) in [6, 6.07) is 8.02. The molecule has 26 heavy (non-hydrogen) atoms. The van der Waals surface area contributed by atoms with Crippen molar-refractivity contribution in [2.45, 2.75) is 63.2 Å². The lowest BCUT2D eigenvalue weighted by Crippen LogP contribution is -2.55. The molecule has 0 radical (unpaired) electrons. The molecule has 1 unspecified atom stereocenters. The summed E-state index contributed by atoms with van der Waals surface area (Å²) in [6.45, 7) is 1.01. The highest BCUT2D eigenvalue weighted by Gasteiger charge is 2.33. The van der Waals surface area contributed by atoms with E-state index in [1.54, 1.807) is 0 Å². The summed E-state index contributed by atoms with van der Waals surface area (Å²) >= 11 is 5.68. The van der Waals surface area contributed by atoms with Crippen LogP contribution in [0.2, 0.25) is 0 Å². The highest BCUT2D eigenvalue weighted by Crippen LogP contribution is 2.33. The third kappa shape index (κ3) is 4.77. The summed E-state index contributed by atoms with van der Waals surface area (Å²) < 4.78 is 5.76. The van der Waals surface area contributed by atoms with Crippen molar-refractivity contribution in [2.75, 3.05) is 12.4 Å². The maximum atomic E-state index is 12.5. The van der Waals surface area contributed by atoms with E-state index in [-0.39, 0.29) is 29.3 Å². The molecule has 3 rings (SSSR count). The minimum Gasteiger partial charge on any atom is -0.368 e. The standard InChI is InChI=1S/C20H27ClN2O3/c21-12-19(25)23-20(9-5-1-2-6-10-20)14-22-18(24)11-17-16-8-4-3-7-15(16)13-26-17/h3-4,7-8,17H,1-2,5-6,9-14H2,(H,22,24)(H,23,25). The van der Waals surface area contributed by atoms with Crippen molar-refractivity contribution in [3.63, 3.8) is 0 Å². The number of amides is 2. The molecule has 1 aromatic carbocycles. The Morgan fingerprint density at radius 2 is 1.85 bits per heavy atom. The Bertz CT molecular complexity index is 642. The van der Waals surface area contributed by atoms with Crippen LogP contribution in [0.5, 0.6) is 0 Å². The normalized spacial score (nSPS) is 21.5. The molecule has 2 amide bonds. The van der Waals surface area contributed by atoms with E-state index in [0.717, 1.165) is 36.8 Å². The van der Waals surface area contributed by atoms with Crippen molar-refractivity contribution in [3.05, 3.63) is 35.4 Å². The molecule has 1 heterocycles. The third-order valence-electron chi connectivity index (χ3n) is 5.42. The van der Waals surface area contributed by atoms with E-state index >= 15 is 0 Å². The van der Waals surface area contributed by atoms with Crippen LogP contribution in [-0.2, 0) is 20.9 Å². The Labute approximate surface area is 159 Å². The van der Waals surface area contributed by atoms with Gasteiger partial charge in [-0.3, -0.25) is 9.59 Å². The fourth-order valence-electron chi connectivity index (χ4n) is 4.02. The molecule has 1 fully saturated rings. The van der Waals surface area contributed by atoms with E-state index in [1.807, 2.05) is 24.3 Å². The molecule has 0 aromatic heterocycles. The average molecular weight is 379 g/mol. The predicted molar refractivity (Wildman–Crippen MR) is 101 cm³/mol. The number of hydrogen-bond donors (Lipinski definition) is 2. The molecule has 142 valence electrons. The summed E-state index contributed by atoms with van der Waals surface area (Å²) in [5.41, 5.74) is 1.87. The van der Waals surface area contributed by atoms with Crippen LogP contribution in [0.4, 0.5) is 0 Å². The Kier molecular flexibility index (Phi) is 6.54. The maximum Gasteiger partial charge on any atom is 0.235 e. The van der Waals surface area contributed by atoms with Gasteiger partial charge in [-0.25, -0.2) is 0 Å². The van der Waals surface area contributed by atoms with E-state index in [4.69, 9.17) is 16.3 Å². The van der Waals surface area contributed by atoms with Gasteiger partial charge in [-0.05, 0) is 24.0 Å². The molecule has 1 aromatic rings. The lowest BCUT2D eigenvalue weighted by atomic mass is 9.89. The predicted octanol–water partition coefficient (Wildman–Crippen LogP) is 3.21. The summed E-state index contributed by atoms with van der Waals surface area (Å²) in [5.74, 6) is -0.270. The molecule has 1 aliphatic heterocycles. The number of rotatable bonds is 6. The Morgan fingerprint density at radius 3 is 2.58 bits per heavy atom. The van der Waals surface area contributed by atoms with Gasteiger partial charge in [-0.15, -0.1) is 11.6 Å². The van der Waals surface area contributed by atoms with Crippen LogP contribution in [0.25, 0.3) is 0 Å². The van der Waals surface area contributed by atoms with Gasteiger partial charge in [0, 0.05) is 6.54 Å². The van der Waals surface area contributed by atoms with Gasteiger partial charge in [-0.2, -0.15) is 0 Å². The lowest BCUT2D eigenvalue weighted by Gasteiger charge is -2.34. The van der Waals surface area contributed by atoms with Crippen molar-refractivity contribution in [1.29, 1.82) is 0 Å². The number of benzene rings is 1. The van der Waals surface area contributed by atoms with E-state index in [2.05, 4.69) is 10.6 Å². The zero-order valence-electron chi connectivity index (χ0n) is 15.1. The molecule has 2 N–H and O–H groups in total. The fourth-order valence-corrected chi connectivity index (χ4v) is 4.08. The molecule has 0 saturated heterocycles. The van der Waals surface area contributed by atoms with Crippen molar-refractivity contribution in [2.24, 2.45) is 0 Å². The number of carbonyl (C=O) groups is 2. The summed E-state index contributed by atoms with van der Waals surface area (Å²) in [6.07, 6.45) is 6.30. The van der Waals surface area contributed by atoms with Crippen LogP contribution in [0.1, 0.15) is 62.2 Å². The first-order valence-corrected chi connectivity index (χ1v) is 9.98. The second-order valence-corrected chi connectivity index (χ2v) is 7.62. The summed E-state index contributed by atoms with van der Waals surface area (Å²) in [4.78, 5) is 24.4. The molecule has 1 saturated carbocycles. The zero-order valence-corrected chi connectivity index (χ0v) is 15.8. The van der Waals surface area contributed by atoms with E-state index in [1.165, 1.54) is 12.8 Å². The van der Waals surface area contributed by atoms with Crippen LogP contribution >= 0.6 is 11.6 Å². The molecule has 2 aliphatic rings. The minimum atomic E-state index is -0.382. The molecule has 1 atom stereocenters. The van der Waals surface area contributed by atoms with Gasteiger partial charge < -0.3 is 15.4 Å². The molecule has 6 heteroatoms. The summed E-state index contributed by atoms with van der Waals surface area (Å²) in [5, 5.41) is 6.10. The van der Waals surface area contributed by atoms with Crippen molar-refractivity contribution in [1.82, 2.24) is 10.6 Å². The van der Waals surface area contributed by atoms with Gasteiger partial charge in [0.05, 0.1) is 24.7 Å². The number of alkyl halides is 1. The largest absolute Gasteiger partial charge is 0.368 e. The van der Waals surface area contributed by atoms with Crippen molar-refractivity contribution >= 4 is 23.4 Å². The lowest BCUT2D eigenvalue weighted by molar-refractivity contribution is -0.125. The van der Waals surface area contributed by atoms with Gasteiger partial charge in [0.1, 0.15) is 5.88 Å². The fraction of sp³-hybridized carbons (Fsp3) is 0.600. The van der Waals surface area contributed by atoms with Gasteiger partial charge in [0.15, 0.2) is 0 Å². The smallest absolute Gasteiger partial charge is 0.235 e. The maximum absolute atomic E-state index is 12.5. The highest BCUT2D eigenvalue weighted by atomic mass is 35.5. The number of fused-ring (bicyclic) bond motifs is 1.